The van der Waals surface area contributed by atoms with Gasteiger partial charge in [0.1, 0.15) is 5.75 Å². The van der Waals surface area contributed by atoms with E-state index in [1.807, 2.05) is 77.7 Å². The molecular formula is C22H22N4O2. The Morgan fingerprint density at radius 3 is 2.18 bits per heavy atom. The van der Waals surface area contributed by atoms with Crippen molar-refractivity contribution in [2.45, 2.75) is 6.10 Å². The number of para-hydroxylation sites is 1. The van der Waals surface area contributed by atoms with E-state index in [4.69, 9.17) is 4.74 Å². The Kier molecular flexibility index (Phi) is 5.47. The average Bonchev–Trinajstić information content (AvgIpc) is 2.79. The fraction of sp³-hybridized carbons (Fsp3) is 0.227. The maximum Gasteiger partial charge on any atom is 0.268 e. The molecule has 1 atom stereocenters. The predicted octanol–water partition coefficient (Wildman–Crippen LogP) is 2.95. The van der Waals surface area contributed by atoms with E-state index >= 15 is 0 Å². The smallest absolute Gasteiger partial charge is 0.268 e. The number of benzene rings is 2. The van der Waals surface area contributed by atoms with E-state index in [1.54, 1.807) is 6.20 Å². The van der Waals surface area contributed by atoms with Gasteiger partial charge in [-0.25, -0.2) is 0 Å². The van der Waals surface area contributed by atoms with Crippen molar-refractivity contribution >= 4 is 11.7 Å². The number of piperazine rings is 1. The van der Waals surface area contributed by atoms with Crippen LogP contribution in [0.4, 0.5) is 5.82 Å². The van der Waals surface area contributed by atoms with Gasteiger partial charge in [0.25, 0.3) is 5.91 Å². The molecule has 6 nitrogen and oxygen atoms in total. The van der Waals surface area contributed by atoms with Gasteiger partial charge in [0, 0.05) is 37.9 Å². The molecule has 0 radical (unpaired) electrons. The van der Waals surface area contributed by atoms with Crippen molar-refractivity contribution in [3.05, 3.63) is 84.6 Å². The van der Waals surface area contributed by atoms with Crippen LogP contribution in [0, 0.1) is 0 Å². The first kappa shape index (κ1) is 18.0. The number of aromatic nitrogens is 2. The van der Waals surface area contributed by atoms with Gasteiger partial charge in [0.15, 0.2) is 5.82 Å². The molecule has 1 aliphatic rings. The van der Waals surface area contributed by atoms with E-state index in [1.165, 1.54) is 0 Å². The molecule has 1 amide bonds. The third kappa shape index (κ3) is 4.11. The third-order valence-electron chi connectivity index (χ3n) is 4.80. The number of hydrogen-bond acceptors (Lipinski definition) is 5. The topological polar surface area (TPSA) is 58.6 Å². The molecule has 0 saturated carbocycles. The van der Waals surface area contributed by atoms with E-state index in [0.717, 1.165) is 24.5 Å². The lowest BCUT2D eigenvalue weighted by atomic mass is 10.1. The second kappa shape index (κ2) is 8.52. The summed E-state index contributed by atoms with van der Waals surface area (Å²) in [7, 11) is 0. The molecule has 0 spiro atoms. The molecule has 0 bridgehead atoms. The minimum Gasteiger partial charge on any atom is -0.476 e. The molecule has 0 N–H and O–H groups in total. The number of nitrogens with zero attached hydrogens (tertiary/aromatic N) is 4. The molecule has 1 fully saturated rings. The Morgan fingerprint density at radius 1 is 0.857 bits per heavy atom. The Bertz CT molecular complexity index is 882. The third-order valence-corrected chi connectivity index (χ3v) is 4.80. The number of carbonyl (C=O) groups excluding carboxylic acids is 1. The molecule has 1 aromatic heterocycles. The number of hydrogen-bond donors (Lipinski definition) is 0. The van der Waals surface area contributed by atoms with Crippen molar-refractivity contribution in [2.24, 2.45) is 0 Å². The SMILES string of the molecule is O=C([C@H](Oc1ccccc1)c1ccccc1)N1CCN(c2cccnn2)CC1. The second-order valence-corrected chi connectivity index (χ2v) is 6.62. The van der Waals surface area contributed by atoms with Crippen LogP contribution in [0.1, 0.15) is 11.7 Å². The Hall–Kier alpha value is -3.41. The highest BCUT2D eigenvalue weighted by atomic mass is 16.5. The summed E-state index contributed by atoms with van der Waals surface area (Å²) in [6.07, 6.45) is 1.00. The molecule has 4 rings (SSSR count). The van der Waals surface area contributed by atoms with E-state index in [0.29, 0.717) is 18.8 Å². The van der Waals surface area contributed by atoms with Crippen LogP contribution in [0.3, 0.4) is 0 Å². The highest BCUT2D eigenvalue weighted by Gasteiger charge is 2.30. The largest absolute Gasteiger partial charge is 0.476 e. The molecule has 1 saturated heterocycles. The van der Waals surface area contributed by atoms with Crippen LogP contribution in [-0.2, 0) is 4.79 Å². The molecule has 1 aliphatic heterocycles. The molecular weight excluding hydrogens is 352 g/mol. The number of carbonyl (C=O) groups is 1. The molecule has 6 heteroatoms. The summed E-state index contributed by atoms with van der Waals surface area (Å²) in [5.41, 5.74) is 0.854. The van der Waals surface area contributed by atoms with Gasteiger partial charge in [0.05, 0.1) is 0 Å². The van der Waals surface area contributed by atoms with Gasteiger partial charge in [-0.3, -0.25) is 4.79 Å². The van der Waals surface area contributed by atoms with Crippen LogP contribution in [0.25, 0.3) is 0 Å². The van der Waals surface area contributed by atoms with E-state index in [2.05, 4.69) is 15.1 Å². The number of rotatable bonds is 5. The standard InChI is InChI=1S/C22H22N4O2/c27-22(26-16-14-25(15-17-26)20-12-7-13-23-24-20)21(18-8-3-1-4-9-18)28-19-10-5-2-6-11-19/h1-13,21H,14-17H2/t21-/m1/s1. The zero-order valence-electron chi connectivity index (χ0n) is 15.5. The molecule has 0 unspecified atom stereocenters. The van der Waals surface area contributed by atoms with Crippen LogP contribution in [0.5, 0.6) is 5.75 Å². The van der Waals surface area contributed by atoms with Crippen LogP contribution in [0.15, 0.2) is 79.0 Å². The van der Waals surface area contributed by atoms with Crippen molar-refractivity contribution < 1.29 is 9.53 Å². The number of anilines is 1. The lowest BCUT2D eigenvalue weighted by molar-refractivity contribution is -0.139. The van der Waals surface area contributed by atoms with E-state index < -0.39 is 6.10 Å². The van der Waals surface area contributed by atoms with Crippen LogP contribution in [-0.4, -0.2) is 47.2 Å². The first-order valence-corrected chi connectivity index (χ1v) is 9.39. The summed E-state index contributed by atoms with van der Waals surface area (Å²) >= 11 is 0. The fourth-order valence-electron chi connectivity index (χ4n) is 3.31. The normalized spacial score (nSPS) is 15.1. The average molecular weight is 374 g/mol. The molecule has 28 heavy (non-hydrogen) atoms. The summed E-state index contributed by atoms with van der Waals surface area (Å²) in [6.45, 7) is 2.68. The first-order valence-electron chi connectivity index (χ1n) is 9.39. The summed E-state index contributed by atoms with van der Waals surface area (Å²) in [6, 6.07) is 22.9. The minimum absolute atomic E-state index is 0.0196. The van der Waals surface area contributed by atoms with Crippen molar-refractivity contribution in [3.8, 4) is 5.75 Å². The monoisotopic (exact) mass is 374 g/mol. The van der Waals surface area contributed by atoms with Gasteiger partial charge in [-0.1, -0.05) is 48.5 Å². The highest BCUT2D eigenvalue weighted by Crippen LogP contribution is 2.25. The maximum absolute atomic E-state index is 13.3. The van der Waals surface area contributed by atoms with Crippen molar-refractivity contribution in [2.75, 3.05) is 31.1 Å². The lowest BCUT2D eigenvalue weighted by Crippen LogP contribution is -2.50. The van der Waals surface area contributed by atoms with Gasteiger partial charge >= 0.3 is 0 Å². The maximum atomic E-state index is 13.3. The van der Waals surface area contributed by atoms with Gasteiger partial charge in [-0.15, -0.1) is 5.10 Å². The molecule has 0 aliphatic carbocycles. The second-order valence-electron chi connectivity index (χ2n) is 6.62. The quantitative estimate of drug-likeness (QED) is 0.687. The fourth-order valence-corrected chi connectivity index (χ4v) is 3.31. The molecule has 142 valence electrons. The number of amides is 1. The van der Waals surface area contributed by atoms with Crippen LogP contribution < -0.4 is 9.64 Å². The first-order chi connectivity index (χ1) is 13.8. The van der Waals surface area contributed by atoms with Crippen molar-refractivity contribution in [1.29, 1.82) is 0 Å². The van der Waals surface area contributed by atoms with Crippen LogP contribution in [0.2, 0.25) is 0 Å². The summed E-state index contributed by atoms with van der Waals surface area (Å²) in [5, 5.41) is 8.10. The van der Waals surface area contributed by atoms with Gasteiger partial charge < -0.3 is 14.5 Å². The molecule has 2 aromatic carbocycles. The lowest BCUT2D eigenvalue weighted by Gasteiger charge is -2.36. The highest BCUT2D eigenvalue weighted by molar-refractivity contribution is 5.83. The Balaban J connectivity index is 1.48. The van der Waals surface area contributed by atoms with Gasteiger partial charge in [-0.2, -0.15) is 5.10 Å². The van der Waals surface area contributed by atoms with Crippen molar-refractivity contribution in [3.63, 3.8) is 0 Å². The molecule has 2 heterocycles. The zero-order chi connectivity index (χ0) is 19.2. The summed E-state index contributed by atoms with van der Waals surface area (Å²) < 4.78 is 6.10. The van der Waals surface area contributed by atoms with Crippen LogP contribution >= 0.6 is 0 Å². The minimum atomic E-state index is -0.660. The molecule has 3 aromatic rings. The number of ether oxygens (including phenoxy) is 1. The van der Waals surface area contributed by atoms with Crippen molar-refractivity contribution in [1.82, 2.24) is 15.1 Å². The predicted molar refractivity (Wildman–Crippen MR) is 107 cm³/mol. The zero-order valence-corrected chi connectivity index (χ0v) is 15.5. The van der Waals surface area contributed by atoms with Gasteiger partial charge in [-0.05, 0) is 24.3 Å². The Morgan fingerprint density at radius 2 is 1.54 bits per heavy atom. The summed E-state index contributed by atoms with van der Waals surface area (Å²) in [5.74, 6) is 1.51. The Labute approximate surface area is 164 Å². The summed E-state index contributed by atoms with van der Waals surface area (Å²) in [4.78, 5) is 17.3. The van der Waals surface area contributed by atoms with E-state index in [-0.39, 0.29) is 5.91 Å². The van der Waals surface area contributed by atoms with Gasteiger partial charge in [0.2, 0.25) is 6.10 Å². The van der Waals surface area contributed by atoms with E-state index in [9.17, 15) is 4.79 Å².